The first-order valence-corrected chi connectivity index (χ1v) is 7.64. The molecule has 2 aromatic carbocycles. The maximum Gasteiger partial charge on any atom is 0.255 e. The van der Waals surface area contributed by atoms with Gasteiger partial charge < -0.3 is 10.6 Å². The largest absolute Gasteiger partial charge is 0.340 e. The molecule has 5 heteroatoms. The molecule has 120 valence electrons. The maximum atomic E-state index is 12.3. The Morgan fingerprint density at radius 3 is 2.50 bits per heavy atom. The number of hydrogen-bond acceptors (Lipinski definition) is 4. The summed E-state index contributed by atoms with van der Waals surface area (Å²) in [5.41, 5.74) is 4.14. The Balaban J connectivity index is 1.74. The molecule has 1 heterocycles. The number of carbonyl (C=O) groups is 1. The van der Waals surface area contributed by atoms with Crippen molar-refractivity contribution in [1.29, 1.82) is 0 Å². The number of carbonyl (C=O) groups excluding carboxylic acids is 1. The number of anilines is 3. The normalized spacial score (nSPS) is 10.2. The Hall–Kier alpha value is -3.21. The molecule has 0 bridgehead atoms. The summed E-state index contributed by atoms with van der Waals surface area (Å²) in [5, 5.41) is 6.12. The van der Waals surface area contributed by atoms with Gasteiger partial charge in [-0.2, -0.15) is 0 Å². The third-order valence-corrected chi connectivity index (χ3v) is 3.48. The molecule has 0 fully saturated rings. The van der Waals surface area contributed by atoms with Gasteiger partial charge in [-0.05, 0) is 44.2 Å². The van der Waals surface area contributed by atoms with Crippen LogP contribution >= 0.6 is 0 Å². The number of aryl methyl sites for hydroxylation is 2. The molecule has 3 rings (SSSR count). The number of nitrogens with zero attached hydrogens (tertiary/aromatic N) is 2. The first-order chi connectivity index (χ1) is 11.6. The highest BCUT2D eigenvalue weighted by Crippen LogP contribution is 2.19. The lowest BCUT2D eigenvalue weighted by atomic mass is 10.1. The van der Waals surface area contributed by atoms with Crippen molar-refractivity contribution >= 4 is 23.1 Å². The van der Waals surface area contributed by atoms with E-state index >= 15 is 0 Å². The Kier molecular flexibility index (Phi) is 4.52. The summed E-state index contributed by atoms with van der Waals surface area (Å²) >= 11 is 0. The Labute approximate surface area is 140 Å². The monoisotopic (exact) mass is 318 g/mol. The summed E-state index contributed by atoms with van der Waals surface area (Å²) in [7, 11) is 0. The number of benzene rings is 2. The molecule has 0 saturated heterocycles. The van der Waals surface area contributed by atoms with E-state index < -0.39 is 0 Å². The molecule has 0 aliphatic rings. The van der Waals surface area contributed by atoms with Crippen LogP contribution in [0.25, 0.3) is 0 Å². The summed E-state index contributed by atoms with van der Waals surface area (Å²) in [5.74, 6) is 0.582. The zero-order valence-corrected chi connectivity index (χ0v) is 13.6. The third kappa shape index (κ3) is 3.95. The average molecular weight is 318 g/mol. The molecule has 0 aliphatic heterocycles. The molecule has 0 spiro atoms. The van der Waals surface area contributed by atoms with Gasteiger partial charge in [0, 0.05) is 28.7 Å². The van der Waals surface area contributed by atoms with Crippen LogP contribution in [0.1, 0.15) is 21.6 Å². The molecule has 0 aliphatic carbocycles. The van der Waals surface area contributed by atoms with Crippen LogP contribution in [0.15, 0.2) is 60.9 Å². The van der Waals surface area contributed by atoms with Gasteiger partial charge >= 0.3 is 0 Å². The lowest BCUT2D eigenvalue weighted by molar-refractivity contribution is 0.102. The van der Waals surface area contributed by atoms with Crippen molar-refractivity contribution in [2.24, 2.45) is 0 Å². The van der Waals surface area contributed by atoms with Crippen LogP contribution in [0.3, 0.4) is 0 Å². The fourth-order valence-electron chi connectivity index (χ4n) is 2.34. The number of hydrogen-bond donors (Lipinski definition) is 2. The summed E-state index contributed by atoms with van der Waals surface area (Å²) in [6.45, 7) is 3.87. The second-order valence-electron chi connectivity index (χ2n) is 5.57. The number of nitrogens with one attached hydrogen (secondary N) is 2. The second kappa shape index (κ2) is 6.91. The standard InChI is InChI=1S/C19H18N4O/c1-13-5-3-6-15(9-13)19(24)23-17-8-4-7-16(11-17)22-18-10-14(2)20-12-21-18/h3-12H,1-2H3,(H,23,24)(H,20,21,22). The van der Waals surface area contributed by atoms with Gasteiger partial charge in [0.15, 0.2) is 0 Å². The van der Waals surface area contributed by atoms with Gasteiger partial charge in [-0.3, -0.25) is 4.79 Å². The molecule has 1 amide bonds. The fourth-order valence-corrected chi connectivity index (χ4v) is 2.34. The summed E-state index contributed by atoms with van der Waals surface area (Å²) in [4.78, 5) is 20.6. The van der Waals surface area contributed by atoms with E-state index in [0.717, 1.165) is 22.6 Å². The van der Waals surface area contributed by atoms with Crippen LogP contribution in [0.2, 0.25) is 0 Å². The first-order valence-electron chi connectivity index (χ1n) is 7.64. The van der Waals surface area contributed by atoms with E-state index in [1.807, 2.05) is 62.4 Å². The highest BCUT2D eigenvalue weighted by Gasteiger charge is 2.06. The lowest BCUT2D eigenvalue weighted by Crippen LogP contribution is -2.12. The predicted octanol–water partition coefficient (Wildman–Crippen LogP) is 4.09. The van der Waals surface area contributed by atoms with Crippen molar-refractivity contribution in [1.82, 2.24) is 9.97 Å². The van der Waals surface area contributed by atoms with E-state index in [4.69, 9.17) is 0 Å². The molecule has 0 saturated carbocycles. The van der Waals surface area contributed by atoms with E-state index in [0.29, 0.717) is 11.4 Å². The summed E-state index contributed by atoms with van der Waals surface area (Å²) < 4.78 is 0. The minimum Gasteiger partial charge on any atom is -0.340 e. The summed E-state index contributed by atoms with van der Waals surface area (Å²) in [6, 6.07) is 16.9. The first kappa shape index (κ1) is 15.7. The van der Waals surface area contributed by atoms with Gasteiger partial charge in [0.05, 0.1) is 0 Å². The third-order valence-electron chi connectivity index (χ3n) is 3.48. The molecular weight excluding hydrogens is 300 g/mol. The zero-order valence-electron chi connectivity index (χ0n) is 13.6. The Bertz CT molecular complexity index is 877. The lowest BCUT2D eigenvalue weighted by Gasteiger charge is -2.09. The van der Waals surface area contributed by atoms with Crippen molar-refractivity contribution in [2.45, 2.75) is 13.8 Å². The van der Waals surface area contributed by atoms with Crippen LogP contribution in [-0.2, 0) is 0 Å². The maximum absolute atomic E-state index is 12.3. The van der Waals surface area contributed by atoms with Gasteiger partial charge in [0.2, 0.25) is 0 Å². The molecule has 2 N–H and O–H groups in total. The van der Waals surface area contributed by atoms with Crippen LogP contribution in [0.5, 0.6) is 0 Å². The molecular formula is C19H18N4O. The van der Waals surface area contributed by atoms with Gasteiger partial charge in [0.1, 0.15) is 12.1 Å². The minimum atomic E-state index is -0.131. The van der Waals surface area contributed by atoms with Crippen molar-refractivity contribution in [2.75, 3.05) is 10.6 Å². The topological polar surface area (TPSA) is 66.9 Å². The molecule has 0 radical (unpaired) electrons. The molecule has 5 nitrogen and oxygen atoms in total. The SMILES string of the molecule is Cc1cccc(C(=O)Nc2cccc(Nc3cc(C)ncn3)c2)c1. The van der Waals surface area contributed by atoms with Crippen LogP contribution in [0, 0.1) is 13.8 Å². The highest BCUT2D eigenvalue weighted by atomic mass is 16.1. The second-order valence-corrected chi connectivity index (χ2v) is 5.57. The van der Waals surface area contributed by atoms with Gasteiger partial charge in [-0.1, -0.05) is 23.8 Å². The van der Waals surface area contributed by atoms with E-state index in [1.54, 1.807) is 6.07 Å². The average Bonchev–Trinajstić information content (AvgIpc) is 2.55. The van der Waals surface area contributed by atoms with E-state index in [-0.39, 0.29) is 5.91 Å². The molecule has 24 heavy (non-hydrogen) atoms. The van der Waals surface area contributed by atoms with Crippen molar-refractivity contribution < 1.29 is 4.79 Å². The van der Waals surface area contributed by atoms with Gasteiger partial charge in [-0.25, -0.2) is 9.97 Å². The van der Waals surface area contributed by atoms with Crippen molar-refractivity contribution in [3.63, 3.8) is 0 Å². The minimum absolute atomic E-state index is 0.131. The zero-order chi connectivity index (χ0) is 16.9. The van der Waals surface area contributed by atoms with Crippen LogP contribution < -0.4 is 10.6 Å². The van der Waals surface area contributed by atoms with E-state index in [1.165, 1.54) is 6.33 Å². The smallest absolute Gasteiger partial charge is 0.255 e. The number of amides is 1. The number of rotatable bonds is 4. The highest BCUT2D eigenvalue weighted by molar-refractivity contribution is 6.04. The number of aromatic nitrogens is 2. The quantitative estimate of drug-likeness (QED) is 0.760. The van der Waals surface area contributed by atoms with E-state index in [2.05, 4.69) is 20.6 Å². The molecule has 0 unspecified atom stereocenters. The van der Waals surface area contributed by atoms with Crippen LogP contribution in [-0.4, -0.2) is 15.9 Å². The molecule has 0 atom stereocenters. The van der Waals surface area contributed by atoms with Crippen molar-refractivity contribution in [3.05, 3.63) is 77.7 Å². The Morgan fingerprint density at radius 1 is 0.917 bits per heavy atom. The molecule has 3 aromatic rings. The van der Waals surface area contributed by atoms with Gasteiger partial charge in [0.25, 0.3) is 5.91 Å². The van der Waals surface area contributed by atoms with Crippen LogP contribution in [0.4, 0.5) is 17.2 Å². The summed E-state index contributed by atoms with van der Waals surface area (Å²) in [6.07, 6.45) is 1.51. The van der Waals surface area contributed by atoms with Gasteiger partial charge in [-0.15, -0.1) is 0 Å². The Morgan fingerprint density at radius 2 is 1.71 bits per heavy atom. The fraction of sp³-hybridized carbons (Fsp3) is 0.105. The van der Waals surface area contributed by atoms with Crippen molar-refractivity contribution in [3.8, 4) is 0 Å². The molecule has 1 aromatic heterocycles. The predicted molar refractivity (Wildman–Crippen MR) is 95.6 cm³/mol. The van der Waals surface area contributed by atoms with E-state index in [9.17, 15) is 4.79 Å².